The Morgan fingerprint density at radius 1 is 1.33 bits per heavy atom. The summed E-state index contributed by atoms with van der Waals surface area (Å²) in [4.78, 5) is 22.1. The molecule has 0 aromatic heterocycles. The van der Waals surface area contributed by atoms with Gasteiger partial charge >= 0.3 is 5.97 Å². The van der Waals surface area contributed by atoms with Crippen LogP contribution in [-0.2, 0) is 14.3 Å². The lowest BCUT2D eigenvalue weighted by Crippen LogP contribution is -2.44. The van der Waals surface area contributed by atoms with Gasteiger partial charge in [-0.25, -0.2) is 0 Å². The van der Waals surface area contributed by atoms with E-state index in [1.54, 1.807) is 27.7 Å². The molecule has 15 heavy (non-hydrogen) atoms. The van der Waals surface area contributed by atoms with E-state index in [1.807, 2.05) is 0 Å². The van der Waals surface area contributed by atoms with Crippen molar-refractivity contribution in [1.82, 2.24) is 5.32 Å². The molecule has 1 amide bonds. The van der Waals surface area contributed by atoms with Gasteiger partial charge in [-0.15, -0.1) is 0 Å². The highest BCUT2D eigenvalue weighted by Gasteiger charge is 2.23. The summed E-state index contributed by atoms with van der Waals surface area (Å²) in [6.45, 7) is 7.11. The van der Waals surface area contributed by atoms with Gasteiger partial charge < -0.3 is 15.2 Å². The molecule has 0 aliphatic heterocycles. The zero-order chi connectivity index (χ0) is 12.0. The molecule has 88 valence electrons. The van der Waals surface area contributed by atoms with E-state index in [4.69, 9.17) is 9.84 Å². The lowest BCUT2D eigenvalue weighted by Gasteiger charge is -2.20. The van der Waals surface area contributed by atoms with Crippen LogP contribution in [-0.4, -0.2) is 35.7 Å². The van der Waals surface area contributed by atoms with Gasteiger partial charge in [-0.2, -0.15) is 0 Å². The summed E-state index contributed by atoms with van der Waals surface area (Å²) in [6, 6.07) is -0.405. The lowest BCUT2D eigenvalue weighted by atomic mass is 10.0. The van der Waals surface area contributed by atoms with E-state index in [-0.39, 0.29) is 5.91 Å². The van der Waals surface area contributed by atoms with E-state index >= 15 is 0 Å². The molecule has 0 fully saturated rings. The van der Waals surface area contributed by atoms with Crippen LogP contribution in [0.25, 0.3) is 0 Å². The maximum Gasteiger partial charge on any atom is 0.308 e. The number of carbonyl (C=O) groups is 2. The Morgan fingerprint density at radius 3 is 2.27 bits per heavy atom. The molecular formula is C10H19NO4. The summed E-state index contributed by atoms with van der Waals surface area (Å²) in [6.07, 6.45) is -0.543. The van der Waals surface area contributed by atoms with Crippen molar-refractivity contribution in [1.29, 1.82) is 0 Å². The smallest absolute Gasteiger partial charge is 0.308 e. The molecule has 0 aliphatic carbocycles. The standard InChI is InChI=1S/C10H19NO4/c1-5-15-8(4)9(12)11-7(3)6(2)10(13)14/h6-8H,5H2,1-4H3,(H,11,12)(H,13,14). The highest BCUT2D eigenvalue weighted by molar-refractivity contribution is 5.81. The van der Waals surface area contributed by atoms with E-state index in [0.717, 1.165) is 0 Å². The molecular weight excluding hydrogens is 198 g/mol. The van der Waals surface area contributed by atoms with E-state index in [9.17, 15) is 9.59 Å². The first-order valence-corrected chi connectivity index (χ1v) is 5.04. The Labute approximate surface area is 89.8 Å². The van der Waals surface area contributed by atoms with Gasteiger partial charge in [0.15, 0.2) is 0 Å². The second-order valence-corrected chi connectivity index (χ2v) is 3.52. The fourth-order valence-corrected chi connectivity index (χ4v) is 1.01. The van der Waals surface area contributed by atoms with Gasteiger partial charge in [-0.3, -0.25) is 9.59 Å². The van der Waals surface area contributed by atoms with Crippen LogP contribution in [0.5, 0.6) is 0 Å². The van der Waals surface area contributed by atoms with Crippen LogP contribution in [0.4, 0.5) is 0 Å². The zero-order valence-electron chi connectivity index (χ0n) is 9.61. The first-order valence-electron chi connectivity index (χ1n) is 5.04. The van der Waals surface area contributed by atoms with Crippen molar-refractivity contribution >= 4 is 11.9 Å². The quantitative estimate of drug-likeness (QED) is 0.684. The number of amides is 1. The molecule has 3 atom stereocenters. The summed E-state index contributed by atoms with van der Waals surface area (Å²) in [7, 11) is 0. The van der Waals surface area contributed by atoms with Crippen LogP contribution in [0.1, 0.15) is 27.7 Å². The third kappa shape index (κ3) is 4.78. The molecule has 0 saturated heterocycles. The third-order valence-corrected chi connectivity index (χ3v) is 2.30. The fourth-order valence-electron chi connectivity index (χ4n) is 1.01. The van der Waals surface area contributed by atoms with Crippen LogP contribution in [0, 0.1) is 5.92 Å². The summed E-state index contributed by atoms with van der Waals surface area (Å²) in [5.74, 6) is -1.81. The second kappa shape index (κ2) is 6.40. The van der Waals surface area contributed by atoms with Crippen LogP contribution in [0.2, 0.25) is 0 Å². The predicted molar refractivity (Wildman–Crippen MR) is 55.5 cm³/mol. The summed E-state index contributed by atoms with van der Waals surface area (Å²) < 4.78 is 5.09. The maximum atomic E-state index is 11.4. The summed E-state index contributed by atoms with van der Waals surface area (Å²) in [5.41, 5.74) is 0. The van der Waals surface area contributed by atoms with Crippen LogP contribution < -0.4 is 5.32 Å². The normalized spacial score (nSPS) is 16.5. The number of carboxylic acid groups (broad SMARTS) is 1. The van der Waals surface area contributed by atoms with E-state index < -0.39 is 24.0 Å². The number of aliphatic carboxylic acids is 1. The molecule has 0 saturated carbocycles. The monoisotopic (exact) mass is 217 g/mol. The third-order valence-electron chi connectivity index (χ3n) is 2.30. The average Bonchev–Trinajstić information content (AvgIpc) is 2.16. The topological polar surface area (TPSA) is 75.6 Å². The number of nitrogens with one attached hydrogen (secondary N) is 1. The second-order valence-electron chi connectivity index (χ2n) is 3.52. The van der Waals surface area contributed by atoms with Crippen LogP contribution >= 0.6 is 0 Å². The van der Waals surface area contributed by atoms with Gasteiger partial charge in [0.2, 0.25) is 5.91 Å². The largest absolute Gasteiger partial charge is 0.481 e. The van der Waals surface area contributed by atoms with E-state index in [0.29, 0.717) is 6.61 Å². The van der Waals surface area contributed by atoms with Gasteiger partial charge in [0.1, 0.15) is 6.10 Å². The average molecular weight is 217 g/mol. The Balaban J connectivity index is 4.11. The molecule has 0 bridgehead atoms. The number of carbonyl (C=O) groups excluding carboxylic acids is 1. The molecule has 0 rings (SSSR count). The molecule has 0 aromatic carbocycles. The first-order chi connectivity index (χ1) is 6.90. The minimum Gasteiger partial charge on any atom is -0.481 e. The Bertz CT molecular complexity index is 229. The molecule has 0 aromatic rings. The summed E-state index contributed by atoms with van der Waals surface area (Å²) >= 11 is 0. The van der Waals surface area contributed by atoms with Crippen molar-refractivity contribution in [2.75, 3.05) is 6.61 Å². The Kier molecular flexibility index (Phi) is 5.93. The van der Waals surface area contributed by atoms with Crippen LogP contribution in [0.15, 0.2) is 0 Å². The van der Waals surface area contributed by atoms with Crippen molar-refractivity contribution in [3.63, 3.8) is 0 Å². The number of rotatable bonds is 6. The lowest BCUT2D eigenvalue weighted by molar-refractivity contribution is -0.142. The van der Waals surface area contributed by atoms with E-state index in [2.05, 4.69) is 5.32 Å². The Hall–Kier alpha value is -1.10. The van der Waals surface area contributed by atoms with Gasteiger partial charge in [-0.05, 0) is 27.7 Å². The molecule has 2 N–H and O–H groups in total. The van der Waals surface area contributed by atoms with Crippen LogP contribution in [0.3, 0.4) is 0 Å². The highest BCUT2D eigenvalue weighted by Crippen LogP contribution is 2.03. The molecule has 0 radical (unpaired) electrons. The zero-order valence-corrected chi connectivity index (χ0v) is 9.61. The summed E-state index contributed by atoms with van der Waals surface area (Å²) in [5, 5.41) is 11.3. The van der Waals surface area contributed by atoms with Gasteiger partial charge in [0, 0.05) is 12.6 Å². The van der Waals surface area contributed by atoms with Gasteiger partial charge in [-0.1, -0.05) is 0 Å². The van der Waals surface area contributed by atoms with Gasteiger partial charge in [0.05, 0.1) is 5.92 Å². The maximum absolute atomic E-state index is 11.4. The van der Waals surface area contributed by atoms with Crippen molar-refractivity contribution in [2.45, 2.75) is 39.8 Å². The first kappa shape index (κ1) is 13.9. The molecule has 3 unspecified atom stereocenters. The molecule has 0 aliphatic rings. The number of carboxylic acids is 1. The predicted octanol–water partition coefficient (Wildman–Crippen LogP) is 0.637. The minimum absolute atomic E-state index is 0.280. The molecule has 5 heteroatoms. The Morgan fingerprint density at radius 2 is 1.87 bits per heavy atom. The number of hydrogen-bond acceptors (Lipinski definition) is 3. The van der Waals surface area contributed by atoms with Crippen molar-refractivity contribution < 1.29 is 19.4 Å². The highest BCUT2D eigenvalue weighted by atomic mass is 16.5. The SMILES string of the molecule is CCOC(C)C(=O)NC(C)C(C)C(=O)O. The number of ether oxygens (including phenoxy) is 1. The van der Waals surface area contributed by atoms with Gasteiger partial charge in [0.25, 0.3) is 0 Å². The van der Waals surface area contributed by atoms with E-state index in [1.165, 1.54) is 0 Å². The molecule has 0 heterocycles. The molecule has 0 spiro atoms. The van der Waals surface area contributed by atoms with Crippen molar-refractivity contribution in [2.24, 2.45) is 5.92 Å². The van der Waals surface area contributed by atoms with Crippen molar-refractivity contribution in [3.05, 3.63) is 0 Å². The molecule has 5 nitrogen and oxygen atoms in total. The number of hydrogen-bond donors (Lipinski definition) is 2. The van der Waals surface area contributed by atoms with Crippen molar-refractivity contribution in [3.8, 4) is 0 Å². The minimum atomic E-state index is -0.924. The fraction of sp³-hybridized carbons (Fsp3) is 0.800.